The van der Waals surface area contributed by atoms with E-state index < -0.39 is 0 Å². The van der Waals surface area contributed by atoms with Gasteiger partial charge in [-0.3, -0.25) is 0 Å². The minimum atomic E-state index is 0.0670. The molecule has 0 saturated heterocycles. The van der Waals surface area contributed by atoms with Gasteiger partial charge in [-0.25, -0.2) is 0 Å². The van der Waals surface area contributed by atoms with Crippen LogP contribution in [0.15, 0.2) is 0 Å². The Labute approximate surface area is 104 Å². The fourth-order valence-electron chi connectivity index (χ4n) is 1.44. The zero-order chi connectivity index (χ0) is 13.0. The van der Waals surface area contributed by atoms with Gasteiger partial charge in [-0.05, 0) is 0 Å². The van der Waals surface area contributed by atoms with Crippen LogP contribution in [0.2, 0.25) is 5.02 Å². The Hall–Kier alpha value is -2.11. The largest absolute Gasteiger partial charge is 0.494 e. The molecule has 0 amide bonds. The van der Waals surface area contributed by atoms with Crippen LogP contribution in [-0.4, -0.2) is 21.3 Å². The van der Waals surface area contributed by atoms with Crippen molar-refractivity contribution in [3.05, 3.63) is 16.1 Å². The molecule has 0 aromatic heterocycles. The first-order chi connectivity index (χ1) is 8.15. The van der Waals surface area contributed by atoms with Crippen LogP contribution in [0.1, 0.15) is 11.1 Å². The maximum Gasteiger partial charge on any atom is 0.162 e. The van der Waals surface area contributed by atoms with Crippen LogP contribution in [0.5, 0.6) is 17.2 Å². The molecule has 0 fully saturated rings. The molecule has 0 aliphatic carbocycles. The van der Waals surface area contributed by atoms with E-state index in [9.17, 15) is 0 Å². The number of hydrogen-bond donors (Lipinski definition) is 0. The molecule has 0 bridgehead atoms. The van der Waals surface area contributed by atoms with Gasteiger partial charge in [-0.1, -0.05) is 11.6 Å². The second-order valence-corrected chi connectivity index (χ2v) is 3.27. The van der Waals surface area contributed by atoms with Crippen LogP contribution < -0.4 is 14.2 Å². The fourth-order valence-corrected chi connectivity index (χ4v) is 1.79. The Kier molecular flexibility index (Phi) is 4.03. The van der Waals surface area contributed by atoms with Gasteiger partial charge in [0, 0.05) is 0 Å². The van der Waals surface area contributed by atoms with E-state index in [-0.39, 0.29) is 33.4 Å². The van der Waals surface area contributed by atoms with Gasteiger partial charge in [0.25, 0.3) is 0 Å². The summed E-state index contributed by atoms with van der Waals surface area (Å²) in [6.45, 7) is 0. The zero-order valence-corrected chi connectivity index (χ0v) is 10.3. The van der Waals surface area contributed by atoms with Crippen molar-refractivity contribution in [2.45, 2.75) is 0 Å². The highest BCUT2D eigenvalue weighted by Gasteiger charge is 2.25. The van der Waals surface area contributed by atoms with Gasteiger partial charge >= 0.3 is 0 Å². The minimum absolute atomic E-state index is 0.0670. The lowest BCUT2D eigenvalue weighted by Crippen LogP contribution is -2.01. The molecule has 1 aromatic carbocycles. The Morgan fingerprint density at radius 3 is 1.41 bits per heavy atom. The average molecular weight is 253 g/mol. The lowest BCUT2D eigenvalue weighted by Gasteiger charge is -2.15. The molecule has 0 aliphatic rings. The summed E-state index contributed by atoms with van der Waals surface area (Å²) in [6.07, 6.45) is 0. The van der Waals surface area contributed by atoms with Crippen LogP contribution in [0.25, 0.3) is 0 Å². The van der Waals surface area contributed by atoms with Crippen molar-refractivity contribution in [2.24, 2.45) is 0 Å². The first kappa shape index (κ1) is 13.0. The predicted molar refractivity (Wildman–Crippen MR) is 60.5 cm³/mol. The maximum absolute atomic E-state index is 9.05. The summed E-state index contributed by atoms with van der Waals surface area (Å²) >= 11 is 6.00. The van der Waals surface area contributed by atoms with Crippen molar-refractivity contribution < 1.29 is 14.2 Å². The molecule has 0 unspecified atom stereocenters. The average Bonchev–Trinajstić information content (AvgIpc) is 2.36. The van der Waals surface area contributed by atoms with E-state index >= 15 is 0 Å². The summed E-state index contributed by atoms with van der Waals surface area (Å²) in [5, 5.41) is 18.2. The molecule has 0 saturated carbocycles. The van der Waals surface area contributed by atoms with Crippen molar-refractivity contribution in [1.29, 1.82) is 10.5 Å². The molecular weight excluding hydrogens is 244 g/mol. The molecule has 1 rings (SSSR count). The summed E-state index contributed by atoms with van der Waals surface area (Å²) in [4.78, 5) is 0. The standard InChI is InChI=1S/C11H9ClN2O3/c1-15-9-6(4-13)10(16-2)8(12)11(17-3)7(9)5-14/h1-3H3. The van der Waals surface area contributed by atoms with Crippen LogP contribution in [-0.2, 0) is 0 Å². The van der Waals surface area contributed by atoms with Crippen LogP contribution >= 0.6 is 11.6 Å². The van der Waals surface area contributed by atoms with Gasteiger partial charge in [-0.2, -0.15) is 10.5 Å². The highest BCUT2D eigenvalue weighted by Crippen LogP contribution is 2.45. The third-order valence-corrected chi connectivity index (χ3v) is 2.49. The lowest BCUT2D eigenvalue weighted by molar-refractivity contribution is 0.372. The van der Waals surface area contributed by atoms with Gasteiger partial charge in [0.2, 0.25) is 0 Å². The number of rotatable bonds is 3. The predicted octanol–water partition coefficient (Wildman–Crippen LogP) is 2.11. The van der Waals surface area contributed by atoms with Gasteiger partial charge in [0.1, 0.15) is 28.3 Å². The second kappa shape index (κ2) is 5.29. The van der Waals surface area contributed by atoms with Gasteiger partial charge < -0.3 is 14.2 Å². The quantitative estimate of drug-likeness (QED) is 0.823. The van der Waals surface area contributed by atoms with E-state index in [1.807, 2.05) is 12.1 Å². The number of nitriles is 2. The molecule has 0 aliphatic heterocycles. The van der Waals surface area contributed by atoms with Crippen LogP contribution in [0.3, 0.4) is 0 Å². The van der Waals surface area contributed by atoms with Crippen molar-refractivity contribution in [2.75, 3.05) is 21.3 Å². The van der Waals surface area contributed by atoms with Gasteiger partial charge in [0.05, 0.1) is 21.3 Å². The van der Waals surface area contributed by atoms with Crippen molar-refractivity contribution in [3.63, 3.8) is 0 Å². The Morgan fingerprint density at radius 2 is 1.18 bits per heavy atom. The van der Waals surface area contributed by atoms with Crippen molar-refractivity contribution in [3.8, 4) is 29.4 Å². The first-order valence-corrected chi connectivity index (χ1v) is 4.85. The molecule has 1 aromatic rings. The molecule has 0 spiro atoms. The third kappa shape index (κ3) is 1.93. The molecule has 6 heteroatoms. The van der Waals surface area contributed by atoms with Crippen LogP contribution in [0.4, 0.5) is 0 Å². The SMILES string of the molecule is COc1c(Cl)c(OC)c(C#N)c(OC)c1C#N. The molecule has 88 valence electrons. The second-order valence-electron chi connectivity index (χ2n) is 2.89. The normalized spacial score (nSPS) is 9.06. The summed E-state index contributed by atoms with van der Waals surface area (Å²) in [5.74, 6) is 0.344. The number of hydrogen-bond acceptors (Lipinski definition) is 5. The number of nitrogens with zero attached hydrogens (tertiary/aromatic N) is 2. The summed E-state index contributed by atoms with van der Waals surface area (Å²) in [6, 6.07) is 3.78. The number of ether oxygens (including phenoxy) is 3. The molecule has 0 N–H and O–H groups in total. The molecule has 17 heavy (non-hydrogen) atoms. The van der Waals surface area contributed by atoms with Gasteiger partial charge in [0.15, 0.2) is 17.2 Å². The first-order valence-electron chi connectivity index (χ1n) is 4.47. The molecular formula is C11H9ClN2O3. The van der Waals surface area contributed by atoms with Crippen molar-refractivity contribution in [1.82, 2.24) is 0 Å². The molecule has 0 atom stereocenters. The number of benzene rings is 1. The van der Waals surface area contributed by atoms with E-state index in [4.69, 9.17) is 36.3 Å². The maximum atomic E-state index is 9.05. The van der Waals surface area contributed by atoms with Gasteiger partial charge in [-0.15, -0.1) is 0 Å². The van der Waals surface area contributed by atoms with E-state index in [1.54, 1.807) is 0 Å². The van der Waals surface area contributed by atoms with E-state index in [2.05, 4.69) is 0 Å². The smallest absolute Gasteiger partial charge is 0.162 e. The highest BCUT2D eigenvalue weighted by molar-refractivity contribution is 6.34. The zero-order valence-electron chi connectivity index (χ0n) is 9.50. The van der Waals surface area contributed by atoms with E-state index in [0.717, 1.165) is 0 Å². The van der Waals surface area contributed by atoms with Crippen molar-refractivity contribution >= 4 is 11.6 Å². The monoisotopic (exact) mass is 252 g/mol. The Balaban J connectivity index is 3.82. The van der Waals surface area contributed by atoms with E-state index in [1.165, 1.54) is 21.3 Å². The lowest BCUT2D eigenvalue weighted by atomic mass is 10.1. The minimum Gasteiger partial charge on any atom is -0.494 e. The Morgan fingerprint density at radius 1 is 0.824 bits per heavy atom. The molecule has 0 radical (unpaired) electrons. The summed E-state index contributed by atoms with van der Waals surface area (Å²) < 4.78 is 15.1. The summed E-state index contributed by atoms with van der Waals surface area (Å²) in [5.41, 5.74) is 0.134. The van der Waals surface area contributed by atoms with E-state index in [0.29, 0.717) is 0 Å². The highest BCUT2D eigenvalue weighted by atomic mass is 35.5. The molecule has 5 nitrogen and oxygen atoms in total. The number of halogens is 1. The summed E-state index contributed by atoms with van der Waals surface area (Å²) in [7, 11) is 4.09. The topological polar surface area (TPSA) is 75.3 Å². The molecule has 0 heterocycles. The number of methoxy groups -OCH3 is 3. The fraction of sp³-hybridized carbons (Fsp3) is 0.273. The van der Waals surface area contributed by atoms with Crippen LogP contribution in [0, 0.1) is 22.7 Å². The third-order valence-electron chi connectivity index (χ3n) is 2.14. The Bertz CT molecular complexity index is 486.